The van der Waals surface area contributed by atoms with Crippen LogP contribution in [0, 0.1) is 5.92 Å². The van der Waals surface area contributed by atoms with Gasteiger partial charge in [-0.05, 0) is 11.6 Å². The standard InChI is InChI=1S/C18H27N5O2.HI/c1-12(2)17(25)20-8-9-21-18(19-3)22-11-13-10-16(24)23-15-7-5-4-6-14(13)15;/h4-7,12-13H,8-11H2,1-3H3,(H,20,25)(H,23,24)(H2,19,21,22);1H. The molecule has 1 aromatic carbocycles. The molecule has 0 fully saturated rings. The molecule has 8 heteroatoms. The van der Waals surface area contributed by atoms with Crippen molar-refractivity contribution >= 4 is 47.4 Å². The lowest BCUT2D eigenvalue weighted by molar-refractivity contribution is -0.124. The van der Waals surface area contributed by atoms with E-state index in [-0.39, 0.29) is 47.6 Å². The maximum atomic E-state index is 11.9. The van der Waals surface area contributed by atoms with Crippen molar-refractivity contribution in [2.24, 2.45) is 10.9 Å². The highest BCUT2D eigenvalue weighted by Gasteiger charge is 2.24. The highest BCUT2D eigenvalue weighted by Crippen LogP contribution is 2.31. The zero-order valence-corrected chi connectivity index (χ0v) is 17.8. The maximum absolute atomic E-state index is 11.9. The largest absolute Gasteiger partial charge is 0.356 e. The van der Waals surface area contributed by atoms with Crippen LogP contribution in [0.1, 0.15) is 31.7 Å². The monoisotopic (exact) mass is 473 g/mol. The molecule has 0 bridgehead atoms. The average molecular weight is 473 g/mol. The molecular weight excluding hydrogens is 445 g/mol. The number of amides is 2. The van der Waals surface area contributed by atoms with Gasteiger partial charge in [-0.1, -0.05) is 32.0 Å². The van der Waals surface area contributed by atoms with Crippen LogP contribution in [0.2, 0.25) is 0 Å². The van der Waals surface area contributed by atoms with Crippen molar-refractivity contribution in [2.45, 2.75) is 26.2 Å². The van der Waals surface area contributed by atoms with E-state index in [1.165, 1.54) is 0 Å². The van der Waals surface area contributed by atoms with Gasteiger partial charge in [0, 0.05) is 50.6 Å². The predicted octanol–water partition coefficient (Wildman–Crippen LogP) is 1.67. The van der Waals surface area contributed by atoms with Crippen LogP contribution in [0.3, 0.4) is 0 Å². The number of fused-ring (bicyclic) bond motifs is 1. The molecular formula is C18H28IN5O2. The molecule has 1 aromatic rings. The van der Waals surface area contributed by atoms with Crippen molar-refractivity contribution in [1.29, 1.82) is 0 Å². The number of halogens is 1. The molecule has 4 N–H and O–H groups in total. The van der Waals surface area contributed by atoms with Gasteiger partial charge < -0.3 is 21.3 Å². The molecule has 144 valence electrons. The molecule has 0 aromatic heterocycles. The molecule has 0 saturated carbocycles. The first-order valence-corrected chi connectivity index (χ1v) is 8.62. The van der Waals surface area contributed by atoms with E-state index in [0.29, 0.717) is 32.0 Å². The van der Waals surface area contributed by atoms with E-state index in [1.54, 1.807) is 7.05 Å². The van der Waals surface area contributed by atoms with Crippen LogP contribution in [0.4, 0.5) is 5.69 Å². The summed E-state index contributed by atoms with van der Waals surface area (Å²) in [6.45, 7) is 5.46. The second-order valence-electron chi connectivity index (χ2n) is 6.36. The Kier molecular flexibility index (Phi) is 9.39. The molecule has 0 saturated heterocycles. The van der Waals surface area contributed by atoms with Gasteiger partial charge in [0.1, 0.15) is 0 Å². The molecule has 26 heavy (non-hydrogen) atoms. The zero-order valence-electron chi connectivity index (χ0n) is 15.5. The summed E-state index contributed by atoms with van der Waals surface area (Å²) < 4.78 is 0. The normalized spacial score (nSPS) is 16.2. The number of hydrogen-bond acceptors (Lipinski definition) is 3. The fraction of sp³-hybridized carbons (Fsp3) is 0.500. The van der Waals surface area contributed by atoms with E-state index in [4.69, 9.17) is 0 Å². The van der Waals surface area contributed by atoms with E-state index >= 15 is 0 Å². The van der Waals surface area contributed by atoms with E-state index in [9.17, 15) is 9.59 Å². The number of carbonyl (C=O) groups excluding carboxylic acids is 2. The number of para-hydroxylation sites is 1. The van der Waals surface area contributed by atoms with Crippen LogP contribution in [0.15, 0.2) is 29.3 Å². The number of carbonyl (C=O) groups is 2. The first kappa shape index (κ1) is 22.2. The second kappa shape index (κ2) is 11.0. The number of hydrogen-bond donors (Lipinski definition) is 4. The third-order valence-corrected chi connectivity index (χ3v) is 4.09. The summed E-state index contributed by atoms with van der Waals surface area (Å²) in [5.74, 6) is 0.806. The van der Waals surface area contributed by atoms with Gasteiger partial charge in [0.05, 0.1) is 0 Å². The predicted molar refractivity (Wildman–Crippen MR) is 115 cm³/mol. The van der Waals surface area contributed by atoms with Crippen LogP contribution >= 0.6 is 24.0 Å². The first-order valence-electron chi connectivity index (χ1n) is 8.62. The molecule has 2 amide bonds. The molecule has 1 aliphatic heterocycles. The number of anilines is 1. The molecule has 0 aliphatic carbocycles. The van der Waals surface area contributed by atoms with Crippen molar-refractivity contribution in [2.75, 3.05) is 32.0 Å². The fourth-order valence-electron chi connectivity index (χ4n) is 2.70. The quantitative estimate of drug-likeness (QED) is 0.219. The molecule has 1 heterocycles. The Morgan fingerprint density at radius 3 is 2.62 bits per heavy atom. The van der Waals surface area contributed by atoms with Crippen molar-refractivity contribution in [1.82, 2.24) is 16.0 Å². The fourth-order valence-corrected chi connectivity index (χ4v) is 2.70. The van der Waals surface area contributed by atoms with Gasteiger partial charge in [0.2, 0.25) is 11.8 Å². The van der Waals surface area contributed by atoms with Crippen LogP contribution < -0.4 is 21.3 Å². The number of aliphatic imine (C=N–C) groups is 1. The van der Waals surface area contributed by atoms with Crippen molar-refractivity contribution in [3.63, 3.8) is 0 Å². The minimum atomic E-state index is -0.0186. The smallest absolute Gasteiger partial charge is 0.225 e. The molecule has 0 radical (unpaired) electrons. The molecule has 0 spiro atoms. The number of nitrogens with one attached hydrogen (secondary N) is 4. The summed E-state index contributed by atoms with van der Waals surface area (Å²) in [4.78, 5) is 27.5. The first-order chi connectivity index (χ1) is 12.0. The Morgan fingerprint density at radius 2 is 1.92 bits per heavy atom. The van der Waals surface area contributed by atoms with Crippen molar-refractivity contribution in [3.05, 3.63) is 29.8 Å². The van der Waals surface area contributed by atoms with Gasteiger partial charge in [-0.3, -0.25) is 14.6 Å². The van der Waals surface area contributed by atoms with Gasteiger partial charge in [-0.15, -0.1) is 24.0 Å². The van der Waals surface area contributed by atoms with Crippen LogP contribution in [-0.4, -0.2) is 44.5 Å². The Hall–Kier alpha value is -1.84. The number of benzene rings is 1. The van der Waals surface area contributed by atoms with Crippen molar-refractivity contribution < 1.29 is 9.59 Å². The lowest BCUT2D eigenvalue weighted by atomic mass is 9.90. The minimum Gasteiger partial charge on any atom is -0.356 e. The third kappa shape index (κ3) is 6.47. The van der Waals surface area contributed by atoms with Crippen molar-refractivity contribution in [3.8, 4) is 0 Å². The lowest BCUT2D eigenvalue weighted by Gasteiger charge is -2.26. The molecule has 1 unspecified atom stereocenters. The van der Waals surface area contributed by atoms with E-state index in [1.807, 2.05) is 38.1 Å². The summed E-state index contributed by atoms with van der Waals surface area (Å²) in [6.07, 6.45) is 0.450. The van der Waals surface area contributed by atoms with Gasteiger partial charge in [0.25, 0.3) is 0 Å². The minimum absolute atomic E-state index is 0. The van der Waals surface area contributed by atoms with Crippen LogP contribution in [-0.2, 0) is 9.59 Å². The van der Waals surface area contributed by atoms with E-state index in [2.05, 4.69) is 26.3 Å². The van der Waals surface area contributed by atoms with Gasteiger partial charge in [-0.2, -0.15) is 0 Å². The summed E-state index contributed by atoms with van der Waals surface area (Å²) in [5.41, 5.74) is 2.01. The summed E-state index contributed by atoms with van der Waals surface area (Å²) in [6, 6.07) is 7.86. The van der Waals surface area contributed by atoms with Gasteiger partial charge in [0.15, 0.2) is 5.96 Å². The van der Waals surface area contributed by atoms with Gasteiger partial charge >= 0.3 is 0 Å². The molecule has 1 aliphatic rings. The Morgan fingerprint density at radius 1 is 1.23 bits per heavy atom. The number of rotatable bonds is 6. The lowest BCUT2D eigenvalue weighted by Crippen LogP contribution is -2.43. The Balaban J connectivity index is 0.00000338. The zero-order chi connectivity index (χ0) is 18.2. The van der Waals surface area contributed by atoms with E-state index in [0.717, 1.165) is 11.3 Å². The third-order valence-electron chi connectivity index (χ3n) is 4.09. The maximum Gasteiger partial charge on any atom is 0.225 e. The average Bonchev–Trinajstić information content (AvgIpc) is 2.60. The summed E-state index contributed by atoms with van der Waals surface area (Å²) in [5, 5.41) is 12.2. The topological polar surface area (TPSA) is 94.6 Å². The second-order valence-corrected chi connectivity index (χ2v) is 6.36. The van der Waals surface area contributed by atoms with Crippen LogP contribution in [0.5, 0.6) is 0 Å². The van der Waals surface area contributed by atoms with E-state index < -0.39 is 0 Å². The van der Waals surface area contributed by atoms with Crippen LogP contribution in [0.25, 0.3) is 0 Å². The summed E-state index contributed by atoms with van der Waals surface area (Å²) >= 11 is 0. The highest BCUT2D eigenvalue weighted by atomic mass is 127. The van der Waals surface area contributed by atoms with Gasteiger partial charge in [-0.25, -0.2) is 0 Å². The SMILES string of the molecule is CN=C(NCCNC(=O)C(C)C)NCC1CC(=O)Nc2ccccc21.I. The molecule has 7 nitrogen and oxygen atoms in total. The molecule has 1 atom stereocenters. The summed E-state index contributed by atoms with van der Waals surface area (Å²) in [7, 11) is 1.70. The Bertz CT molecular complexity index is 648. The highest BCUT2D eigenvalue weighted by molar-refractivity contribution is 14.0. The Labute approximate surface area is 171 Å². The number of nitrogens with zero attached hydrogens (tertiary/aromatic N) is 1. The molecule has 2 rings (SSSR count). The number of guanidine groups is 1.